The van der Waals surface area contributed by atoms with Crippen molar-refractivity contribution in [3.05, 3.63) is 60.4 Å². The molecule has 25 heavy (non-hydrogen) atoms. The van der Waals surface area contributed by atoms with E-state index in [-0.39, 0.29) is 17.0 Å². The van der Waals surface area contributed by atoms with Crippen molar-refractivity contribution in [1.29, 1.82) is 5.26 Å². The van der Waals surface area contributed by atoms with Crippen LogP contribution in [0, 0.1) is 11.3 Å². The third-order valence-electron chi connectivity index (χ3n) is 3.15. The Morgan fingerprint density at radius 3 is 2.52 bits per heavy atom. The average Bonchev–Trinajstić information content (AvgIpc) is 3.05. The first-order chi connectivity index (χ1) is 11.8. The second-order valence-electron chi connectivity index (χ2n) is 4.94. The number of rotatable bonds is 6. The predicted molar refractivity (Wildman–Crippen MR) is 92.3 cm³/mol. The van der Waals surface area contributed by atoms with Crippen molar-refractivity contribution in [3.63, 3.8) is 0 Å². The van der Waals surface area contributed by atoms with Crippen LogP contribution < -0.4 is 10.5 Å². The van der Waals surface area contributed by atoms with Crippen LogP contribution in [0.2, 0.25) is 0 Å². The van der Waals surface area contributed by atoms with Gasteiger partial charge in [-0.15, -0.1) is 6.58 Å². The summed E-state index contributed by atoms with van der Waals surface area (Å²) in [5.41, 5.74) is 0.522. The summed E-state index contributed by atoms with van der Waals surface area (Å²) in [5, 5.41) is 16.6. The predicted octanol–water partition coefficient (Wildman–Crippen LogP) is 1.80. The number of nitrogens with one attached hydrogen (secondary N) is 1. The van der Waals surface area contributed by atoms with Crippen molar-refractivity contribution < 1.29 is 17.6 Å². The van der Waals surface area contributed by atoms with Crippen molar-refractivity contribution in [2.45, 2.75) is 4.90 Å². The number of hydrogen-bond donors (Lipinski definition) is 2. The zero-order valence-corrected chi connectivity index (χ0v) is 13.9. The smallest absolute Gasteiger partial charge is 0.262 e. The van der Waals surface area contributed by atoms with Crippen LogP contribution in [0.1, 0.15) is 5.76 Å². The molecular weight excluding hydrogens is 342 g/mol. The highest BCUT2D eigenvalue weighted by molar-refractivity contribution is 7.89. The molecule has 0 atom stereocenters. The van der Waals surface area contributed by atoms with Gasteiger partial charge in [0.1, 0.15) is 23.2 Å². The quantitative estimate of drug-likeness (QED) is 0.463. The van der Waals surface area contributed by atoms with E-state index in [0.717, 1.165) is 0 Å². The molecule has 3 N–H and O–H groups in total. The zero-order chi connectivity index (χ0) is 18.4. The van der Waals surface area contributed by atoms with Gasteiger partial charge in [0, 0.05) is 18.2 Å². The van der Waals surface area contributed by atoms with E-state index >= 15 is 0 Å². The molecule has 0 aliphatic rings. The Balaban J connectivity index is 2.24. The third-order valence-corrected chi connectivity index (χ3v) is 4.08. The summed E-state index contributed by atoms with van der Waals surface area (Å²) in [7, 11) is -3.76. The van der Waals surface area contributed by atoms with E-state index in [2.05, 4.69) is 11.9 Å². The highest BCUT2D eigenvalue weighted by Gasteiger charge is 2.11. The van der Waals surface area contributed by atoms with Crippen LogP contribution in [-0.2, 0) is 14.8 Å². The molecule has 2 aromatic rings. The minimum Gasteiger partial charge on any atom is -0.457 e. The number of nitrogens with two attached hydrogens (primary N) is 1. The summed E-state index contributed by atoms with van der Waals surface area (Å²) in [6.45, 7) is 3.73. The molecular formula is C17H15N3O4S. The summed E-state index contributed by atoms with van der Waals surface area (Å²) in [6.07, 6.45) is 2.82. The lowest BCUT2D eigenvalue weighted by molar-refractivity contribution is -0.116. The molecule has 1 aromatic carbocycles. The molecule has 0 aliphatic heterocycles. The number of nitriles is 1. The van der Waals surface area contributed by atoms with Crippen molar-refractivity contribution in [2.75, 3.05) is 6.54 Å². The Kier molecular flexibility index (Phi) is 5.54. The van der Waals surface area contributed by atoms with Crippen LogP contribution in [0.3, 0.4) is 0 Å². The number of sulfonamides is 1. The van der Waals surface area contributed by atoms with Crippen molar-refractivity contribution in [3.8, 4) is 17.4 Å². The Morgan fingerprint density at radius 2 is 1.96 bits per heavy atom. The highest BCUT2D eigenvalue weighted by Crippen LogP contribution is 2.24. The van der Waals surface area contributed by atoms with Crippen LogP contribution in [0.5, 0.6) is 0 Å². The molecule has 1 heterocycles. The Labute approximate surface area is 145 Å². The second kappa shape index (κ2) is 7.61. The first-order valence-corrected chi connectivity index (χ1v) is 8.63. The van der Waals surface area contributed by atoms with E-state index < -0.39 is 15.9 Å². The fourth-order valence-corrected chi connectivity index (χ4v) is 2.46. The molecule has 1 amide bonds. The van der Waals surface area contributed by atoms with Crippen LogP contribution in [0.15, 0.2) is 63.9 Å². The molecule has 2 rings (SSSR count). The fraction of sp³-hybridized carbons (Fsp3) is 0.0588. The van der Waals surface area contributed by atoms with E-state index in [1.807, 2.05) is 0 Å². The molecule has 128 valence electrons. The minimum atomic E-state index is -3.76. The first-order valence-electron chi connectivity index (χ1n) is 7.09. The average molecular weight is 357 g/mol. The topological polar surface area (TPSA) is 126 Å². The van der Waals surface area contributed by atoms with E-state index in [1.54, 1.807) is 30.3 Å². The maximum Gasteiger partial charge on any atom is 0.262 e. The van der Waals surface area contributed by atoms with Gasteiger partial charge >= 0.3 is 0 Å². The van der Waals surface area contributed by atoms with E-state index in [1.165, 1.54) is 24.3 Å². The van der Waals surface area contributed by atoms with Crippen LogP contribution >= 0.6 is 0 Å². The van der Waals surface area contributed by atoms with E-state index in [0.29, 0.717) is 17.1 Å². The molecule has 0 bridgehead atoms. The Bertz CT molecular complexity index is 964. The van der Waals surface area contributed by atoms with Gasteiger partial charge in [0.05, 0.1) is 4.90 Å². The van der Waals surface area contributed by atoms with Gasteiger partial charge in [0.2, 0.25) is 10.0 Å². The zero-order valence-electron chi connectivity index (χ0n) is 13.1. The van der Waals surface area contributed by atoms with Crippen LogP contribution in [0.4, 0.5) is 0 Å². The standard InChI is InChI=1S/C17H15N3O4S/c1-2-9-20-17(21)13(11-18)10-14-5-8-16(24-14)12-3-6-15(7-4-12)25(19,22)23/h2-8,10H,1,9H2,(H,20,21)(H2,19,22,23)/b13-10-. The Hall–Kier alpha value is -3.15. The van der Waals surface area contributed by atoms with Crippen molar-refractivity contribution in [1.82, 2.24) is 5.32 Å². The van der Waals surface area contributed by atoms with E-state index in [9.17, 15) is 13.2 Å². The van der Waals surface area contributed by atoms with Gasteiger partial charge < -0.3 is 9.73 Å². The van der Waals surface area contributed by atoms with Gasteiger partial charge in [-0.05, 0) is 36.4 Å². The Morgan fingerprint density at radius 1 is 1.28 bits per heavy atom. The number of carbonyl (C=O) groups excluding carboxylic acids is 1. The summed E-state index contributed by atoms with van der Waals surface area (Å²) >= 11 is 0. The largest absolute Gasteiger partial charge is 0.457 e. The fourth-order valence-electron chi connectivity index (χ4n) is 1.95. The van der Waals surface area contributed by atoms with Gasteiger partial charge in [0.25, 0.3) is 5.91 Å². The number of carbonyl (C=O) groups is 1. The molecule has 0 unspecified atom stereocenters. The SMILES string of the molecule is C=CCNC(=O)/C(C#N)=C\c1ccc(-c2ccc(S(N)(=O)=O)cc2)o1. The lowest BCUT2D eigenvalue weighted by Gasteiger charge is -2.00. The van der Waals surface area contributed by atoms with Gasteiger partial charge in [-0.1, -0.05) is 6.08 Å². The van der Waals surface area contributed by atoms with Crippen molar-refractivity contribution in [2.24, 2.45) is 5.14 Å². The van der Waals surface area contributed by atoms with Gasteiger partial charge in [-0.3, -0.25) is 4.79 Å². The third kappa shape index (κ3) is 4.67. The molecule has 0 radical (unpaired) electrons. The second-order valence-corrected chi connectivity index (χ2v) is 6.50. The summed E-state index contributed by atoms with van der Waals surface area (Å²) in [6, 6.07) is 10.9. The maximum absolute atomic E-state index is 11.8. The summed E-state index contributed by atoms with van der Waals surface area (Å²) in [4.78, 5) is 11.8. The lowest BCUT2D eigenvalue weighted by atomic mass is 10.2. The molecule has 0 saturated heterocycles. The number of benzene rings is 1. The molecule has 0 aliphatic carbocycles. The molecule has 0 spiro atoms. The maximum atomic E-state index is 11.8. The summed E-state index contributed by atoms with van der Waals surface area (Å²) in [5.74, 6) is 0.240. The summed E-state index contributed by atoms with van der Waals surface area (Å²) < 4.78 is 28.1. The normalized spacial score (nSPS) is 11.6. The molecule has 8 heteroatoms. The van der Waals surface area contributed by atoms with Crippen LogP contribution in [0.25, 0.3) is 17.4 Å². The van der Waals surface area contributed by atoms with Gasteiger partial charge in [-0.25, -0.2) is 13.6 Å². The van der Waals surface area contributed by atoms with Gasteiger partial charge in [-0.2, -0.15) is 5.26 Å². The number of nitrogens with zero attached hydrogens (tertiary/aromatic N) is 1. The minimum absolute atomic E-state index is 0.00594. The number of amides is 1. The highest BCUT2D eigenvalue weighted by atomic mass is 32.2. The van der Waals surface area contributed by atoms with Gasteiger partial charge in [0.15, 0.2) is 0 Å². The first kappa shape index (κ1) is 18.2. The molecule has 7 nitrogen and oxygen atoms in total. The lowest BCUT2D eigenvalue weighted by Crippen LogP contribution is -2.24. The molecule has 0 saturated carbocycles. The number of hydrogen-bond acceptors (Lipinski definition) is 5. The monoisotopic (exact) mass is 357 g/mol. The number of furan rings is 1. The molecule has 0 fully saturated rings. The van der Waals surface area contributed by atoms with Crippen LogP contribution in [-0.4, -0.2) is 20.9 Å². The van der Waals surface area contributed by atoms with Crippen molar-refractivity contribution >= 4 is 22.0 Å². The number of primary sulfonamides is 1. The van der Waals surface area contributed by atoms with E-state index in [4.69, 9.17) is 14.8 Å². The molecule has 1 aromatic heterocycles.